The molecule has 1 aliphatic heterocycles. The zero-order valence-electron chi connectivity index (χ0n) is 16.1. The van der Waals surface area contributed by atoms with Crippen LogP contribution in [0.3, 0.4) is 0 Å². The molecular weight excluding hydrogens is 360 g/mol. The van der Waals surface area contributed by atoms with Crippen LogP contribution in [-0.4, -0.2) is 60.5 Å². The lowest BCUT2D eigenvalue weighted by Gasteiger charge is -2.30. The summed E-state index contributed by atoms with van der Waals surface area (Å²) in [4.78, 5) is 30.1. The summed E-state index contributed by atoms with van der Waals surface area (Å²) in [6, 6.07) is 10.4. The summed E-state index contributed by atoms with van der Waals surface area (Å²) in [5, 5.41) is 1.09. The fourth-order valence-corrected chi connectivity index (χ4v) is 4.78. The van der Waals surface area contributed by atoms with Crippen LogP contribution < -0.4 is 0 Å². The molecule has 0 spiro atoms. The number of hydrogen-bond acceptors (Lipinski definition) is 5. The molecule has 1 amide bonds. The summed E-state index contributed by atoms with van der Waals surface area (Å²) < 4.78 is 6.17. The van der Waals surface area contributed by atoms with E-state index in [9.17, 15) is 9.59 Å². The van der Waals surface area contributed by atoms with Gasteiger partial charge in [-0.1, -0.05) is 25.1 Å². The first kappa shape index (κ1) is 19.8. The van der Waals surface area contributed by atoms with Gasteiger partial charge in [0.05, 0.1) is 17.9 Å². The van der Waals surface area contributed by atoms with Crippen LogP contribution in [0, 0.1) is 0 Å². The first-order chi connectivity index (χ1) is 13.1. The van der Waals surface area contributed by atoms with Crippen molar-refractivity contribution in [3.8, 4) is 0 Å². The van der Waals surface area contributed by atoms with E-state index in [1.54, 1.807) is 6.92 Å². The Bertz CT molecular complexity index is 756. The Balaban J connectivity index is 1.76. The number of likely N-dealkylation sites (N-methyl/N-ethyl adjacent to an activating group) is 1. The van der Waals surface area contributed by atoms with Gasteiger partial charge in [-0.25, -0.2) is 0 Å². The van der Waals surface area contributed by atoms with Crippen molar-refractivity contribution in [3.63, 3.8) is 0 Å². The van der Waals surface area contributed by atoms with Gasteiger partial charge in [0.1, 0.15) is 0 Å². The summed E-state index contributed by atoms with van der Waals surface area (Å²) in [7, 11) is 0. The second-order valence-corrected chi connectivity index (χ2v) is 7.96. The number of likely N-dealkylation sites (tertiary alicyclic amines) is 1. The molecule has 146 valence electrons. The quantitative estimate of drug-likeness (QED) is 0.646. The highest BCUT2D eigenvalue weighted by Gasteiger charge is 2.28. The number of amides is 1. The maximum Gasteiger partial charge on any atom is 0.307 e. The highest BCUT2D eigenvalue weighted by atomic mass is 32.1. The number of thiophene rings is 1. The average Bonchev–Trinajstić information content (AvgIpc) is 3.30. The van der Waals surface area contributed by atoms with Crippen molar-refractivity contribution in [1.82, 2.24) is 9.80 Å². The molecule has 0 bridgehead atoms. The SMILES string of the molecule is CCOC(=O)CCN(CC1CCCN1CC)C(=O)c1cc2ccccc2s1. The third-order valence-electron chi connectivity index (χ3n) is 5.15. The van der Waals surface area contributed by atoms with Crippen molar-refractivity contribution in [1.29, 1.82) is 0 Å². The minimum absolute atomic E-state index is 0.0171. The zero-order chi connectivity index (χ0) is 19.2. The fraction of sp³-hybridized carbons (Fsp3) is 0.524. The maximum atomic E-state index is 13.2. The number of esters is 1. The number of carbonyl (C=O) groups excluding carboxylic acids is 2. The first-order valence-corrected chi connectivity index (χ1v) is 10.6. The van der Waals surface area contributed by atoms with Gasteiger partial charge < -0.3 is 9.64 Å². The average molecular weight is 389 g/mol. The summed E-state index contributed by atoms with van der Waals surface area (Å²) in [5.74, 6) is -0.228. The van der Waals surface area contributed by atoms with Crippen molar-refractivity contribution >= 4 is 33.3 Å². The maximum absolute atomic E-state index is 13.2. The van der Waals surface area contributed by atoms with Crippen molar-refractivity contribution in [2.45, 2.75) is 39.2 Å². The zero-order valence-corrected chi connectivity index (χ0v) is 17.0. The second kappa shape index (κ2) is 9.33. The Morgan fingerprint density at radius 1 is 1.30 bits per heavy atom. The summed E-state index contributed by atoms with van der Waals surface area (Å²) in [6.07, 6.45) is 2.51. The Labute approximate surface area is 164 Å². The Morgan fingerprint density at radius 2 is 2.11 bits per heavy atom. The predicted octanol–water partition coefficient (Wildman–Crippen LogP) is 3.78. The molecule has 0 aliphatic carbocycles. The number of carbonyl (C=O) groups is 2. The lowest BCUT2D eigenvalue weighted by atomic mass is 10.2. The molecule has 2 aromatic rings. The van der Waals surface area contributed by atoms with E-state index in [0.29, 0.717) is 25.7 Å². The lowest BCUT2D eigenvalue weighted by Crippen LogP contribution is -2.43. The summed E-state index contributed by atoms with van der Waals surface area (Å²) >= 11 is 1.52. The van der Waals surface area contributed by atoms with Crippen molar-refractivity contribution in [2.24, 2.45) is 0 Å². The highest BCUT2D eigenvalue weighted by Crippen LogP contribution is 2.27. The molecule has 5 nitrogen and oxygen atoms in total. The third kappa shape index (κ3) is 4.87. The van der Waals surface area contributed by atoms with E-state index in [2.05, 4.69) is 11.8 Å². The predicted molar refractivity (Wildman–Crippen MR) is 109 cm³/mol. The van der Waals surface area contributed by atoms with Crippen LogP contribution in [0.1, 0.15) is 42.8 Å². The van der Waals surface area contributed by atoms with Gasteiger partial charge in [0.15, 0.2) is 0 Å². The molecule has 0 radical (unpaired) electrons. The molecule has 1 fully saturated rings. The van der Waals surface area contributed by atoms with Gasteiger partial charge in [-0.05, 0) is 50.4 Å². The molecular formula is C21H28N2O3S. The molecule has 3 rings (SSSR count). The fourth-order valence-electron chi connectivity index (χ4n) is 3.75. The number of ether oxygens (including phenoxy) is 1. The monoisotopic (exact) mass is 388 g/mol. The minimum Gasteiger partial charge on any atom is -0.466 e. The van der Waals surface area contributed by atoms with E-state index >= 15 is 0 Å². The van der Waals surface area contributed by atoms with E-state index in [1.165, 1.54) is 17.8 Å². The van der Waals surface area contributed by atoms with Gasteiger partial charge in [0.2, 0.25) is 0 Å². The smallest absolute Gasteiger partial charge is 0.307 e. The van der Waals surface area contributed by atoms with Crippen molar-refractivity contribution in [2.75, 3.05) is 32.8 Å². The van der Waals surface area contributed by atoms with Crippen LogP contribution in [-0.2, 0) is 9.53 Å². The van der Waals surface area contributed by atoms with Gasteiger partial charge in [0, 0.05) is 23.8 Å². The van der Waals surface area contributed by atoms with Gasteiger partial charge in [0.25, 0.3) is 5.91 Å². The molecule has 0 N–H and O–H groups in total. The summed E-state index contributed by atoms with van der Waals surface area (Å²) in [6.45, 7) is 7.48. The molecule has 6 heteroatoms. The molecule has 1 aromatic heterocycles. The lowest BCUT2D eigenvalue weighted by molar-refractivity contribution is -0.143. The van der Waals surface area contributed by atoms with E-state index in [-0.39, 0.29) is 18.3 Å². The van der Waals surface area contributed by atoms with E-state index in [4.69, 9.17) is 4.74 Å². The van der Waals surface area contributed by atoms with E-state index < -0.39 is 0 Å². The second-order valence-electron chi connectivity index (χ2n) is 6.88. The number of nitrogens with zero attached hydrogens (tertiary/aromatic N) is 2. The van der Waals surface area contributed by atoms with Crippen molar-refractivity contribution in [3.05, 3.63) is 35.2 Å². The van der Waals surface area contributed by atoms with Crippen LogP contribution in [0.5, 0.6) is 0 Å². The standard InChI is InChI=1S/C21H28N2O3S/c1-3-22-12-7-9-17(22)15-23(13-11-20(24)26-4-2)21(25)19-14-16-8-5-6-10-18(16)27-19/h5-6,8,10,14,17H,3-4,7,9,11-13,15H2,1-2H3. The Morgan fingerprint density at radius 3 is 2.85 bits per heavy atom. The van der Waals surface area contributed by atoms with Crippen LogP contribution in [0.2, 0.25) is 0 Å². The molecule has 1 aliphatic rings. The normalized spacial score (nSPS) is 17.3. The molecule has 1 saturated heterocycles. The van der Waals surface area contributed by atoms with Crippen molar-refractivity contribution < 1.29 is 14.3 Å². The van der Waals surface area contributed by atoms with E-state index in [1.807, 2.05) is 35.2 Å². The van der Waals surface area contributed by atoms with Gasteiger partial charge >= 0.3 is 5.97 Å². The van der Waals surface area contributed by atoms with E-state index in [0.717, 1.165) is 34.5 Å². The van der Waals surface area contributed by atoms with Gasteiger partial charge in [-0.2, -0.15) is 0 Å². The molecule has 27 heavy (non-hydrogen) atoms. The molecule has 0 saturated carbocycles. The van der Waals surface area contributed by atoms with Gasteiger partial charge in [-0.3, -0.25) is 14.5 Å². The number of benzene rings is 1. The Hall–Kier alpha value is -1.92. The number of rotatable bonds is 8. The molecule has 1 atom stereocenters. The third-order valence-corrected chi connectivity index (χ3v) is 6.26. The number of hydrogen-bond donors (Lipinski definition) is 0. The summed E-state index contributed by atoms with van der Waals surface area (Å²) in [5.41, 5.74) is 0. The highest BCUT2D eigenvalue weighted by molar-refractivity contribution is 7.20. The largest absolute Gasteiger partial charge is 0.466 e. The van der Waals surface area contributed by atoms with Crippen LogP contribution >= 0.6 is 11.3 Å². The molecule has 1 unspecified atom stereocenters. The number of fused-ring (bicyclic) bond motifs is 1. The Kier molecular flexibility index (Phi) is 6.85. The topological polar surface area (TPSA) is 49.9 Å². The van der Waals surface area contributed by atoms with Gasteiger partial charge in [-0.15, -0.1) is 11.3 Å². The van der Waals surface area contributed by atoms with Crippen LogP contribution in [0.4, 0.5) is 0 Å². The first-order valence-electron chi connectivity index (χ1n) is 9.79. The van der Waals surface area contributed by atoms with Crippen LogP contribution in [0.25, 0.3) is 10.1 Å². The molecule has 2 heterocycles. The van der Waals surface area contributed by atoms with Crippen LogP contribution in [0.15, 0.2) is 30.3 Å². The molecule has 1 aromatic carbocycles. The minimum atomic E-state index is -0.245.